The maximum absolute atomic E-state index is 14.3. The molecule has 6 nitrogen and oxygen atoms in total. The molecule has 4 heterocycles. The van der Waals surface area contributed by atoms with Crippen LogP contribution in [0.25, 0.3) is 12.2 Å². The van der Waals surface area contributed by atoms with Crippen LogP contribution in [0.1, 0.15) is 11.1 Å². The minimum absolute atomic E-state index is 0.0659. The zero-order chi connectivity index (χ0) is 20.4. The predicted molar refractivity (Wildman–Crippen MR) is 108 cm³/mol. The molecular formula is C22H21FN4O2. The number of rotatable bonds is 4. The fraction of sp³-hybridized carbons (Fsp3) is 0.227. The predicted octanol–water partition coefficient (Wildman–Crippen LogP) is 2.42. The maximum atomic E-state index is 14.3. The van der Waals surface area contributed by atoms with Gasteiger partial charge < -0.3 is 14.4 Å². The van der Waals surface area contributed by atoms with E-state index in [1.165, 1.54) is 17.2 Å². The lowest BCUT2D eigenvalue weighted by Crippen LogP contribution is -2.36. The number of aromatic nitrogens is 2. The van der Waals surface area contributed by atoms with E-state index in [0.29, 0.717) is 31.7 Å². The van der Waals surface area contributed by atoms with E-state index in [9.17, 15) is 14.0 Å². The van der Waals surface area contributed by atoms with Crippen LogP contribution in [0.5, 0.6) is 0 Å². The van der Waals surface area contributed by atoms with Gasteiger partial charge in [0.25, 0.3) is 5.91 Å². The van der Waals surface area contributed by atoms with Crippen molar-refractivity contribution in [2.24, 2.45) is 7.05 Å². The average Bonchev–Trinajstić information content (AvgIpc) is 3.41. The molecule has 2 amide bonds. The Balaban J connectivity index is 1.33. The Morgan fingerprint density at radius 2 is 1.79 bits per heavy atom. The number of hydrogen-bond donors (Lipinski definition) is 0. The van der Waals surface area contributed by atoms with Crippen LogP contribution >= 0.6 is 0 Å². The van der Waals surface area contributed by atoms with Crippen LogP contribution in [0.4, 0.5) is 4.39 Å². The summed E-state index contributed by atoms with van der Waals surface area (Å²) in [5.74, 6) is -1.51. The third-order valence-corrected chi connectivity index (χ3v) is 5.08. The van der Waals surface area contributed by atoms with Gasteiger partial charge in [0.05, 0.1) is 0 Å². The van der Waals surface area contributed by atoms with E-state index in [1.807, 2.05) is 30.1 Å². The van der Waals surface area contributed by atoms with Crippen LogP contribution < -0.4 is 0 Å². The van der Waals surface area contributed by atoms with Crippen LogP contribution in [0, 0.1) is 0 Å². The first kappa shape index (κ1) is 18.9. The second kappa shape index (κ2) is 7.87. The van der Waals surface area contributed by atoms with Gasteiger partial charge in [0.15, 0.2) is 5.83 Å². The van der Waals surface area contributed by atoms with E-state index in [-0.39, 0.29) is 5.91 Å². The Bertz CT molecular complexity index is 1020. The molecule has 7 heteroatoms. The van der Waals surface area contributed by atoms with Crippen molar-refractivity contribution in [2.45, 2.75) is 0 Å². The zero-order valence-corrected chi connectivity index (χ0v) is 16.1. The Kier molecular flexibility index (Phi) is 5.12. The smallest absolute Gasteiger partial charge is 0.283 e. The van der Waals surface area contributed by atoms with Crippen molar-refractivity contribution < 1.29 is 14.0 Å². The summed E-state index contributed by atoms with van der Waals surface area (Å²) < 4.78 is 16.2. The Labute approximate surface area is 168 Å². The molecule has 0 unspecified atom stereocenters. The maximum Gasteiger partial charge on any atom is 0.283 e. The SMILES string of the molecule is Cn1ccc(/C=C/C(=O)N2CC3=C(C2)CN(C(=O)/C(F)=C/c2cccnc2)C3)c1. The van der Waals surface area contributed by atoms with Gasteiger partial charge in [0.2, 0.25) is 5.91 Å². The van der Waals surface area contributed by atoms with Crippen molar-refractivity contribution in [2.75, 3.05) is 26.2 Å². The first-order chi connectivity index (χ1) is 14.0. The highest BCUT2D eigenvalue weighted by Gasteiger charge is 2.34. The van der Waals surface area contributed by atoms with Gasteiger partial charge in [-0.1, -0.05) is 6.07 Å². The van der Waals surface area contributed by atoms with Gasteiger partial charge in [-0.25, -0.2) is 4.39 Å². The molecule has 0 aliphatic carbocycles. The average molecular weight is 392 g/mol. The van der Waals surface area contributed by atoms with Crippen molar-refractivity contribution in [3.63, 3.8) is 0 Å². The van der Waals surface area contributed by atoms with Crippen LogP contribution in [-0.2, 0) is 16.6 Å². The molecule has 0 atom stereocenters. The molecule has 4 rings (SSSR count). The molecule has 0 saturated heterocycles. The van der Waals surface area contributed by atoms with Crippen LogP contribution in [-0.4, -0.2) is 57.3 Å². The number of carbonyl (C=O) groups excluding carboxylic acids is 2. The topological polar surface area (TPSA) is 58.4 Å². The Morgan fingerprint density at radius 3 is 2.41 bits per heavy atom. The molecule has 148 valence electrons. The number of nitrogens with zero attached hydrogens (tertiary/aromatic N) is 4. The van der Waals surface area contributed by atoms with Crippen molar-refractivity contribution in [3.8, 4) is 0 Å². The second-order valence-corrected chi connectivity index (χ2v) is 7.28. The summed E-state index contributed by atoms with van der Waals surface area (Å²) in [5.41, 5.74) is 3.55. The molecule has 0 spiro atoms. The largest absolute Gasteiger partial charge is 0.357 e. The molecule has 0 aromatic carbocycles. The lowest BCUT2D eigenvalue weighted by molar-refractivity contribution is -0.127. The summed E-state index contributed by atoms with van der Waals surface area (Å²) in [7, 11) is 1.93. The number of carbonyl (C=O) groups is 2. The van der Waals surface area contributed by atoms with Gasteiger partial charge in [0, 0.05) is 64.1 Å². The minimum Gasteiger partial charge on any atom is -0.357 e. The second-order valence-electron chi connectivity index (χ2n) is 7.28. The number of amides is 2. The van der Waals surface area contributed by atoms with Crippen LogP contribution in [0.2, 0.25) is 0 Å². The monoisotopic (exact) mass is 392 g/mol. The molecule has 0 N–H and O–H groups in total. The first-order valence-electron chi connectivity index (χ1n) is 9.35. The quantitative estimate of drug-likeness (QED) is 0.593. The third kappa shape index (κ3) is 4.18. The van der Waals surface area contributed by atoms with Gasteiger partial charge in [-0.3, -0.25) is 14.6 Å². The van der Waals surface area contributed by atoms with E-state index in [0.717, 1.165) is 16.7 Å². The Morgan fingerprint density at radius 1 is 1.07 bits per heavy atom. The van der Waals surface area contributed by atoms with Crippen molar-refractivity contribution in [3.05, 3.63) is 77.2 Å². The molecule has 2 aliphatic rings. The third-order valence-electron chi connectivity index (χ3n) is 5.08. The standard InChI is InChI=1S/C22H21FN4O2/c1-25-8-6-16(11-25)4-5-21(28)26-12-18-14-27(15-19(18)13-26)22(29)20(23)9-17-3-2-7-24-10-17/h2-11H,12-15H2,1H3/b5-4+,20-9-. The number of pyridine rings is 1. The van der Waals surface area contributed by atoms with Gasteiger partial charge in [-0.15, -0.1) is 0 Å². The van der Waals surface area contributed by atoms with E-state index in [1.54, 1.807) is 35.4 Å². The summed E-state index contributed by atoms with van der Waals surface area (Å²) >= 11 is 0. The molecule has 0 fully saturated rings. The highest BCUT2D eigenvalue weighted by Crippen LogP contribution is 2.27. The summed E-state index contributed by atoms with van der Waals surface area (Å²) in [4.78, 5) is 32.0. The summed E-state index contributed by atoms with van der Waals surface area (Å²) in [5, 5.41) is 0. The molecule has 2 aromatic rings. The molecule has 0 radical (unpaired) electrons. The van der Waals surface area contributed by atoms with Crippen LogP contribution in [0.15, 0.2) is 66.0 Å². The summed E-state index contributed by atoms with van der Waals surface area (Å²) in [6, 6.07) is 5.31. The number of aryl methyl sites for hydroxylation is 1. The van der Waals surface area contributed by atoms with Gasteiger partial charge in [0.1, 0.15) is 0 Å². The van der Waals surface area contributed by atoms with Gasteiger partial charge in [-0.05, 0) is 46.6 Å². The molecular weight excluding hydrogens is 371 g/mol. The van der Waals surface area contributed by atoms with Crippen molar-refractivity contribution in [1.29, 1.82) is 0 Å². The lowest BCUT2D eigenvalue weighted by atomic mass is 10.2. The summed E-state index contributed by atoms with van der Waals surface area (Å²) in [6.45, 7) is 1.67. The van der Waals surface area contributed by atoms with E-state index < -0.39 is 11.7 Å². The van der Waals surface area contributed by atoms with Gasteiger partial charge >= 0.3 is 0 Å². The highest BCUT2D eigenvalue weighted by molar-refractivity contribution is 5.96. The lowest BCUT2D eigenvalue weighted by Gasteiger charge is -2.21. The normalized spacial score (nSPS) is 16.8. The fourth-order valence-electron chi connectivity index (χ4n) is 3.60. The number of halogens is 1. The highest BCUT2D eigenvalue weighted by atomic mass is 19.1. The molecule has 0 bridgehead atoms. The van der Waals surface area contributed by atoms with E-state index >= 15 is 0 Å². The molecule has 2 aliphatic heterocycles. The van der Waals surface area contributed by atoms with Crippen molar-refractivity contribution >= 4 is 24.0 Å². The zero-order valence-electron chi connectivity index (χ0n) is 16.1. The number of hydrogen-bond acceptors (Lipinski definition) is 3. The molecule has 2 aromatic heterocycles. The van der Waals surface area contributed by atoms with Crippen molar-refractivity contribution in [1.82, 2.24) is 19.4 Å². The minimum atomic E-state index is -0.807. The molecule has 0 saturated carbocycles. The van der Waals surface area contributed by atoms with Gasteiger partial charge in [-0.2, -0.15) is 0 Å². The van der Waals surface area contributed by atoms with Crippen LogP contribution in [0.3, 0.4) is 0 Å². The first-order valence-corrected chi connectivity index (χ1v) is 9.35. The molecule has 29 heavy (non-hydrogen) atoms. The van der Waals surface area contributed by atoms with E-state index in [2.05, 4.69) is 4.98 Å². The van der Waals surface area contributed by atoms with E-state index in [4.69, 9.17) is 0 Å². The summed E-state index contributed by atoms with van der Waals surface area (Å²) in [6.07, 6.45) is 11.5. The Hall–Kier alpha value is -3.48. The fourth-order valence-corrected chi connectivity index (χ4v) is 3.60.